The maximum Gasteiger partial charge on any atom is 0.251 e. The summed E-state index contributed by atoms with van der Waals surface area (Å²) in [6.45, 7) is 0.577. The zero-order valence-corrected chi connectivity index (χ0v) is 13.8. The lowest BCUT2D eigenvalue weighted by Gasteiger charge is -2.15. The molecule has 2 aromatic carbocycles. The summed E-state index contributed by atoms with van der Waals surface area (Å²) >= 11 is 0. The fourth-order valence-corrected chi connectivity index (χ4v) is 3.19. The van der Waals surface area contributed by atoms with Crippen LogP contribution >= 0.6 is 0 Å². The molecule has 3 aromatic rings. The molecule has 0 radical (unpaired) electrons. The molecule has 1 aliphatic rings. The number of carbonyl (C=O) groups is 2. The summed E-state index contributed by atoms with van der Waals surface area (Å²) < 4.78 is 1.66. The van der Waals surface area contributed by atoms with Gasteiger partial charge in [-0.15, -0.1) is 0 Å². The van der Waals surface area contributed by atoms with Crippen molar-refractivity contribution < 1.29 is 9.59 Å². The van der Waals surface area contributed by atoms with Crippen LogP contribution in [0.4, 0.5) is 5.69 Å². The Kier molecular flexibility index (Phi) is 3.72. The summed E-state index contributed by atoms with van der Waals surface area (Å²) in [7, 11) is 1.81. The maximum absolute atomic E-state index is 12.6. The molecule has 0 aliphatic carbocycles. The summed E-state index contributed by atoms with van der Waals surface area (Å²) in [6.07, 6.45) is 4.05. The van der Waals surface area contributed by atoms with E-state index in [-0.39, 0.29) is 11.8 Å². The van der Waals surface area contributed by atoms with Crippen LogP contribution in [0.2, 0.25) is 0 Å². The molecule has 1 atom stereocenters. The van der Waals surface area contributed by atoms with Gasteiger partial charge >= 0.3 is 0 Å². The van der Waals surface area contributed by atoms with Crippen LogP contribution in [0.15, 0.2) is 54.9 Å². The predicted octanol–water partition coefficient (Wildman–Crippen LogP) is 2.11. The average Bonchev–Trinajstić information content (AvgIpc) is 3.20. The second-order valence-corrected chi connectivity index (χ2v) is 6.24. The Balaban J connectivity index is 1.49. The quantitative estimate of drug-likeness (QED) is 0.798. The Morgan fingerprint density at radius 1 is 1.20 bits per heavy atom. The molecular weight excluding hydrogens is 316 g/mol. The molecule has 4 rings (SSSR count). The molecule has 0 saturated carbocycles. The van der Waals surface area contributed by atoms with Gasteiger partial charge < -0.3 is 10.2 Å². The van der Waals surface area contributed by atoms with Gasteiger partial charge in [-0.2, -0.15) is 5.10 Å². The van der Waals surface area contributed by atoms with E-state index in [1.54, 1.807) is 28.0 Å². The minimum Gasteiger partial charge on any atom is -0.340 e. The number of anilines is 1. The van der Waals surface area contributed by atoms with Gasteiger partial charge in [0.15, 0.2) is 0 Å². The highest BCUT2D eigenvalue weighted by Gasteiger charge is 2.34. The zero-order valence-electron chi connectivity index (χ0n) is 13.8. The fourth-order valence-electron chi connectivity index (χ4n) is 3.19. The number of aromatic nitrogens is 2. The minimum atomic E-state index is -0.501. The van der Waals surface area contributed by atoms with Crippen LogP contribution in [-0.2, 0) is 11.8 Å². The molecule has 6 nitrogen and oxygen atoms in total. The third kappa shape index (κ3) is 2.87. The second-order valence-electron chi connectivity index (χ2n) is 6.24. The Morgan fingerprint density at radius 3 is 2.76 bits per heavy atom. The van der Waals surface area contributed by atoms with Gasteiger partial charge in [0.25, 0.3) is 5.91 Å². The lowest BCUT2D eigenvalue weighted by molar-refractivity contribution is -0.118. The van der Waals surface area contributed by atoms with Crippen LogP contribution in [0, 0.1) is 0 Å². The summed E-state index contributed by atoms with van der Waals surface area (Å²) in [4.78, 5) is 26.8. The van der Waals surface area contributed by atoms with E-state index in [1.807, 2.05) is 43.4 Å². The van der Waals surface area contributed by atoms with Crippen LogP contribution in [0.25, 0.3) is 10.8 Å². The van der Waals surface area contributed by atoms with Gasteiger partial charge in [0.2, 0.25) is 5.91 Å². The van der Waals surface area contributed by atoms with Crippen LogP contribution in [-0.4, -0.2) is 34.2 Å². The van der Waals surface area contributed by atoms with Crippen molar-refractivity contribution >= 4 is 28.3 Å². The Bertz CT molecular complexity index is 963. The molecule has 1 aliphatic heterocycles. The van der Waals surface area contributed by atoms with Crippen molar-refractivity contribution in [2.75, 3.05) is 11.4 Å². The maximum atomic E-state index is 12.6. The second kappa shape index (κ2) is 6.05. The molecule has 1 fully saturated rings. The van der Waals surface area contributed by atoms with Crippen molar-refractivity contribution in [3.05, 3.63) is 60.4 Å². The third-order valence-corrected chi connectivity index (χ3v) is 4.53. The minimum absolute atomic E-state index is 0.0952. The van der Waals surface area contributed by atoms with Crippen molar-refractivity contribution in [3.8, 4) is 0 Å². The summed E-state index contributed by atoms with van der Waals surface area (Å²) in [5, 5.41) is 9.04. The van der Waals surface area contributed by atoms with Crippen molar-refractivity contribution in [1.29, 1.82) is 0 Å². The summed E-state index contributed by atoms with van der Waals surface area (Å²) in [5.74, 6) is -0.320. The SMILES string of the molecule is Cn1cc(N2CCC(NC(=O)c3ccc4ccccc4c3)C2=O)cn1. The van der Waals surface area contributed by atoms with Crippen molar-refractivity contribution in [2.24, 2.45) is 7.05 Å². The van der Waals surface area contributed by atoms with Crippen LogP contribution in [0.5, 0.6) is 0 Å². The lowest BCUT2D eigenvalue weighted by atomic mass is 10.1. The van der Waals surface area contributed by atoms with E-state index in [0.717, 1.165) is 16.5 Å². The van der Waals surface area contributed by atoms with E-state index >= 15 is 0 Å². The molecule has 1 saturated heterocycles. The molecule has 1 N–H and O–H groups in total. The normalized spacial score (nSPS) is 17.2. The van der Waals surface area contributed by atoms with E-state index in [2.05, 4.69) is 10.4 Å². The number of carbonyl (C=O) groups excluding carboxylic acids is 2. The number of rotatable bonds is 3. The molecule has 0 spiro atoms. The topological polar surface area (TPSA) is 67.2 Å². The van der Waals surface area contributed by atoms with Crippen LogP contribution in [0.1, 0.15) is 16.8 Å². The molecule has 1 aromatic heterocycles. The van der Waals surface area contributed by atoms with E-state index in [0.29, 0.717) is 18.5 Å². The van der Waals surface area contributed by atoms with Crippen LogP contribution in [0.3, 0.4) is 0 Å². The number of aryl methyl sites for hydroxylation is 1. The van der Waals surface area contributed by atoms with E-state index in [4.69, 9.17) is 0 Å². The van der Waals surface area contributed by atoms with Gasteiger partial charge in [-0.25, -0.2) is 0 Å². The molecule has 126 valence electrons. The highest BCUT2D eigenvalue weighted by molar-refractivity contribution is 6.04. The monoisotopic (exact) mass is 334 g/mol. The number of hydrogen-bond acceptors (Lipinski definition) is 3. The van der Waals surface area contributed by atoms with Gasteiger partial charge in [0, 0.05) is 25.4 Å². The lowest BCUT2D eigenvalue weighted by Crippen LogP contribution is -2.41. The predicted molar refractivity (Wildman–Crippen MR) is 95.4 cm³/mol. The Morgan fingerprint density at radius 2 is 2.00 bits per heavy atom. The number of benzene rings is 2. The number of amides is 2. The number of nitrogens with zero attached hydrogens (tertiary/aromatic N) is 3. The fraction of sp³-hybridized carbons (Fsp3) is 0.211. The molecule has 2 heterocycles. The van der Waals surface area contributed by atoms with E-state index in [1.165, 1.54) is 0 Å². The number of fused-ring (bicyclic) bond motifs is 1. The third-order valence-electron chi connectivity index (χ3n) is 4.53. The van der Waals surface area contributed by atoms with E-state index in [9.17, 15) is 9.59 Å². The van der Waals surface area contributed by atoms with Gasteiger partial charge in [-0.05, 0) is 29.3 Å². The Labute approximate surface area is 145 Å². The van der Waals surface area contributed by atoms with Crippen LogP contribution < -0.4 is 10.2 Å². The summed E-state index contributed by atoms with van der Waals surface area (Å²) in [6, 6.07) is 12.9. The van der Waals surface area contributed by atoms with Gasteiger partial charge in [0.05, 0.1) is 11.9 Å². The molecule has 1 unspecified atom stereocenters. The highest BCUT2D eigenvalue weighted by atomic mass is 16.2. The smallest absolute Gasteiger partial charge is 0.251 e. The zero-order chi connectivity index (χ0) is 17.4. The Hall–Kier alpha value is -3.15. The molecular formula is C19H18N4O2. The molecule has 6 heteroatoms. The molecule has 0 bridgehead atoms. The molecule has 25 heavy (non-hydrogen) atoms. The first kappa shape index (κ1) is 15.4. The van der Waals surface area contributed by atoms with Crippen molar-refractivity contribution in [1.82, 2.24) is 15.1 Å². The number of nitrogens with one attached hydrogen (secondary N) is 1. The largest absolute Gasteiger partial charge is 0.340 e. The number of hydrogen-bond donors (Lipinski definition) is 1. The first-order chi connectivity index (χ1) is 12.1. The standard InChI is InChI=1S/C19H18N4O2/c1-22-12-16(11-20-22)23-9-8-17(19(23)25)21-18(24)15-7-6-13-4-2-3-5-14(13)10-15/h2-7,10-12,17H,8-9H2,1H3,(H,21,24). The van der Waals surface area contributed by atoms with Gasteiger partial charge in [0.1, 0.15) is 6.04 Å². The average molecular weight is 334 g/mol. The summed E-state index contributed by atoms with van der Waals surface area (Å²) in [5.41, 5.74) is 1.32. The van der Waals surface area contributed by atoms with Crippen molar-refractivity contribution in [2.45, 2.75) is 12.5 Å². The van der Waals surface area contributed by atoms with Crippen molar-refractivity contribution in [3.63, 3.8) is 0 Å². The van der Waals surface area contributed by atoms with Gasteiger partial charge in [-0.3, -0.25) is 14.3 Å². The van der Waals surface area contributed by atoms with Gasteiger partial charge in [-0.1, -0.05) is 30.3 Å². The highest BCUT2D eigenvalue weighted by Crippen LogP contribution is 2.21. The first-order valence-corrected chi connectivity index (χ1v) is 8.21. The molecule has 2 amide bonds. The van der Waals surface area contributed by atoms with E-state index < -0.39 is 6.04 Å². The first-order valence-electron chi connectivity index (χ1n) is 8.21.